The van der Waals surface area contributed by atoms with Crippen LogP contribution in [0, 0.1) is 6.92 Å². The van der Waals surface area contributed by atoms with Crippen molar-refractivity contribution in [3.8, 4) is 0 Å². The van der Waals surface area contributed by atoms with E-state index >= 15 is 0 Å². The van der Waals surface area contributed by atoms with Gasteiger partial charge in [-0.1, -0.05) is 0 Å². The van der Waals surface area contributed by atoms with Crippen LogP contribution in [0.4, 0.5) is 0 Å². The molecule has 0 saturated carbocycles. The minimum absolute atomic E-state index is 0.149. The lowest BCUT2D eigenvalue weighted by Crippen LogP contribution is -2.31. The van der Waals surface area contributed by atoms with E-state index < -0.39 is 15.9 Å². The standard InChI is InChI=1S/C13H17N5O3S/c1-3-17-8-12(15-9(17)2)22(20,21)16-13(19)10-7-14-18-6-4-5-11(10)18/h7-8H,3-6H2,1-2H3,(H,16,19). The van der Waals surface area contributed by atoms with E-state index in [0.29, 0.717) is 17.9 Å². The molecule has 0 aromatic carbocycles. The summed E-state index contributed by atoms with van der Waals surface area (Å²) in [5, 5.41) is 3.94. The van der Waals surface area contributed by atoms with Crippen LogP contribution in [-0.4, -0.2) is 33.7 Å². The number of fused-ring (bicyclic) bond motifs is 1. The van der Waals surface area contributed by atoms with Crippen molar-refractivity contribution >= 4 is 15.9 Å². The number of imidazole rings is 1. The average Bonchev–Trinajstić information content (AvgIpc) is 3.11. The predicted molar refractivity (Wildman–Crippen MR) is 77.8 cm³/mol. The first kappa shape index (κ1) is 14.8. The summed E-state index contributed by atoms with van der Waals surface area (Å²) in [7, 11) is -3.98. The molecule has 2 aromatic rings. The van der Waals surface area contributed by atoms with Gasteiger partial charge in [-0.2, -0.15) is 13.5 Å². The Bertz CT molecular complexity index is 834. The van der Waals surface area contributed by atoms with Crippen molar-refractivity contribution in [3.05, 3.63) is 29.5 Å². The molecule has 118 valence electrons. The number of carbonyl (C=O) groups is 1. The van der Waals surface area contributed by atoms with E-state index in [2.05, 4.69) is 14.8 Å². The number of hydrogen-bond acceptors (Lipinski definition) is 5. The summed E-state index contributed by atoms with van der Waals surface area (Å²) in [6, 6.07) is 0. The van der Waals surface area contributed by atoms with Gasteiger partial charge in [-0.25, -0.2) is 9.71 Å². The Morgan fingerprint density at radius 3 is 2.91 bits per heavy atom. The van der Waals surface area contributed by atoms with Crippen LogP contribution < -0.4 is 4.72 Å². The van der Waals surface area contributed by atoms with Crippen LogP contribution in [0.15, 0.2) is 17.4 Å². The summed E-state index contributed by atoms with van der Waals surface area (Å²) >= 11 is 0. The smallest absolute Gasteiger partial charge is 0.283 e. The van der Waals surface area contributed by atoms with Crippen molar-refractivity contribution < 1.29 is 13.2 Å². The van der Waals surface area contributed by atoms with Crippen LogP contribution in [-0.2, 0) is 29.5 Å². The summed E-state index contributed by atoms with van der Waals surface area (Å²) in [5.41, 5.74) is 1.09. The third-order valence-corrected chi connectivity index (χ3v) is 4.98. The molecule has 3 rings (SSSR count). The van der Waals surface area contributed by atoms with Gasteiger partial charge in [-0.05, 0) is 26.7 Å². The van der Waals surface area contributed by atoms with Gasteiger partial charge in [-0.3, -0.25) is 9.48 Å². The molecule has 1 amide bonds. The fourth-order valence-electron chi connectivity index (χ4n) is 2.61. The highest BCUT2D eigenvalue weighted by Crippen LogP contribution is 2.19. The zero-order valence-electron chi connectivity index (χ0n) is 12.4. The Balaban J connectivity index is 1.85. The molecule has 0 bridgehead atoms. The number of sulfonamides is 1. The van der Waals surface area contributed by atoms with E-state index in [4.69, 9.17) is 0 Å². The van der Waals surface area contributed by atoms with E-state index in [0.717, 1.165) is 25.1 Å². The second kappa shape index (κ2) is 5.24. The molecule has 0 spiro atoms. The second-order valence-corrected chi connectivity index (χ2v) is 6.81. The second-order valence-electron chi connectivity index (χ2n) is 5.18. The largest absolute Gasteiger partial charge is 0.334 e. The molecule has 0 radical (unpaired) electrons. The van der Waals surface area contributed by atoms with E-state index in [1.165, 1.54) is 12.4 Å². The number of amides is 1. The predicted octanol–water partition coefficient (Wildman–Crippen LogP) is 0.473. The number of aromatic nitrogens is 4. The lowest BCUT2D eigenvalue weighted by atomic mass is 10.2. The van der Waals surface area contributed by atoms with Gasteiger partial charge >= 0.3 is 0 Å². The molecular weight excluding hydrogens is 306 g/mol. The molecule has 8 nitrogen and oxygen atoms in total. The van der Waals surface area contributed by atoms with Crippen LogP contribution in [0.2, 0.25) is 0 Å². The molecule has 0 fully saturated rings. The number of aryl methyl sites for hydroxylation is 3. The van der Waals surface area contributed by atoms with Crippen molar-refractivity contribution in [2.75, 3.05) is 0 Å². The summed E-state index contributed by atoms with van der Waals surface area (Å²) in [4.78, 5) is 16.2. The zero-order chi connectivity index (χ0) is 15.9. The van der Waals surface area contributed by atoms with Gasteiger partial charge < -0.3 is 4.57 Å². The third-order valence-electron chi connectivity index (χ3n) is 3.77. The fraction of sp³-hybridized carbons (Fsp3) is 0.462. The molecule has 0 saturated heterocycles. The van der Waals surface area contributed by atoms with Gasteiger partial charge in [0.1, 0.15) is 5.82 Å². The van der Waals surface area contributed by atoms with Crippen LogP contribution >= 0.6 is 0 Å². The van der Waals surface area contributed by atoms with Crippen LogP contribution in [0.25, 0.3) is 0 Å². The quantitative estimate of drug-likeness (QED) is 0.882. The van der Waals surface area contributed by atoms with Gasteiger partial charge in [0.15, 0.2) is 5.03 Å². The van der Waals surface area contributed by atoms with E-state index in [1.54, 1.807) is 16.2 Å². The number of hydrogen-bond donors (Lipinski definition) is 1. The Hall–Kier alpha value is -2.16. The summed E-state index contributed by atoms with van der Waals surface area (Å²) in [5.74, 6) is -0.0754. The van der Waals surface area contributed by atoms with Gasteiger partial charge in [0.2, 0.25) is 0 Å². The lowest BCUT2D eigenvalue weighted by Gasteiger charge is -2.04. The van der Waals surface area contributed by atoms with Crippen LogP contribution in [0.3, 0.4) is 0 Å². The Morgan fingerprint density at radius 2 is 2.23 bits per heavy atom. The first-order valence-electron chi connectivity index (χ1n) is 7.08. The van der Waals surface area contributed by atoms with Gasteiger partial charge in [0.25, 0.3) is 15.9 Å². The summed E-state index contributed by atoms with van der Waals surface area (Å²) < 4.78 is 30.1. The van der Waals surface area contributed by atoms with Crippen LogP contribution in [0.1, 0.15) is 35.2 Å². The molecule has 1 aliphatic heterocycles. The molecule has 1 N–H and O–H groups in total. The van der Waals surface area contributed by atoms with Crippen molar-refractivity contribution in [2.45, 2.75) is 44.8 Å². The maximum Gasteiger partial charge on any atom is 0.283 e. The Morgan fingerprint density at radius 1 is 1.45 bits per heavy atom. The SMILES string of the molecule is CCn1cc(S(=O)(=O)NC(=O)c2cnn3c2CCC3)nc1C. The van der Waals surface area contributed by atoms with Crippen molar-refractivity contribution in [1.82, 2.24) is 24.1 Å². The fourth-order valence-corrected chi connectivity index (χ4v) is 3.59. The van der Waals surface area contributed by atoms with Gasteiger partial charge in [-0.15, -0.1) is 0 Å². The maximum absolute atomic E-state index is 12.3. The molecular formula is C13H17N5O3S. The van der Waals surface area contributed by atoms with Crippen LogP contribution in [0.5, 0.6) is 0 Å². The minimum atomic E-state index is -3.98. The average molecular weight is 323 g/mol. The maximum atomic E-state index is 12.3. The highest BCUT2D eigenvalue weighted by molar-refractivity contribution is 7.90. The molecule has 22 heavy (non-hydrogen) atoms. The molecule has 0 unspecified atom stereocenters. The number of nitrogens with zero attached hydrogens (tertiary/aromatic N) is 4. The number of carbonyl (C=O) groups excluding carboxylic acids is 1. The van der Waals surface area contributed by atoms with Crippen molar-refractivity contribution in [1.29, 1.82) is 0 Å². The van der Waals surface area contributed by atoms with E-state index in [-0.39, 0.29) is 5.03 Å². The van der Waals surface area contributed by atoms with Crippen molar-refractivity contribution in [3.63, 3.8) is 0 Å². The number of nitrogens with one attached hydrogen (secondary N) is 1. The van der Waals surface area contributed by atoms with Gasteiger partial charge in [0, 0.05) is 19.3 Å². The molecule has 2 aromatic heterocycles. The lowest BCUT2D eigenvalue weighted by molar-refractivity contribution is 0.0980. The summed E-state index contributed by atoms with van der Waals surface area (Å²) in [6.45, 7) is 4.98. The Kier molecular flexibility index (Phi) is 3.51. The topological polar surface area (TPSA) is 98.9 Å². The molecule has 0 aliphatic carbocycles. The molecule has 0 atom stereocenters. The number of rotatable bonds is 4. The normalized spacial score (nSPS) is 14.1. The first-order valence-corrected chi connectivity index (χ1v) is 8.56. The molecule has 3 heterocycles. The zero-order valence-corrected chi connectivity index (χ0v) is 13.2. The molecule has 1 aliphatic rings. The minimum Gasteiger partial charge on any atom is -0.334 e. The highest BCUT2D eigenvalue weighted by atomic mass is 32.2. The van der Waals surface area contributed by atoms with E-state index in [1.807, 2.05) is 6.92 Å². The van der Waals surface area contributed by atoms with Crippen molar-refractivity contribution in [2.24, 2.45) is 0 Å². The monoisotopic (exact) mass is 323 g/mol. The van der Waals surface area contributed by atoms with E-state index in [9.17, 15) is 13.2 Å². The van der Waals surface area contributed by atoms with Gasteiger partial charge in [0.05, 0.1) is 17.5 Å². The summed E-state index contributed by atoms with van der Waals surface area (Å²) in [6.07, 6.45) is 4.48. The molecule has 9 heteroatoms. The highest BCUT2D eigenvalue weighted by Gasteiger charge is 2.26. The Labute approximate surface area is 128 Å². The third kappa shape index (κ3) is 2.41. The first-order chi connectivity index (χ1) is 10.4.